The third kappa shape index (κ3) is 2.03. The summed E-state index contributed by atoms with van der Waals surface area (Å²) >= 11 is 4.15. The number of ether oxygens (including phenoxy) is 1. The van der Waals surface area contributed by atoms with Crippen LogP contribution in [0, 0.1) is 0 Å². The largest absolute Gasteiger partial charge is 0.394 e. The first-order chi connectivity index (χ1) is 9.11. The number of nitrogens with zero attached hydrogens (tertiary/aromatic N) is 4. The molecular weight excluding hydrogens is 272 g/mol. The van der Waals surface area contributed by atoms with Crippen molar-refractivity contribution < 1.29 is 20.1 Å². The number of imidazole rings is 1. The summed E-state index contributed by atoms with van der Waals surface area (Å²) in [4.78, 5) is 8.42. The second-order valence-corrected chi connectivity index (χ2v) is 4.97. The van der Waals surface area contributed by atoms with Gasteiger partial charge < -0.3 is 24.4 Å². The Kier molecular flexibility index (Phi) is 3.23. The van der Waals surface area contributed by atoms with Crippen molar-refractivity contribution in [1.29, 1.82) is 0 Å². The van der Waals surface area contributed by atoms with Gasteiger partial charge in [-0.15, -0.1) is 0 Å². The van der Waals surface area contributed by atoms with Gasteiger partial charge in [-0.25, -0.2) is 9.98 Å². The Balaban J connectivity index is 1.99. The molecule has 0 aliphatic carbocycles. The molecule has 0 saturated carbocycles. The molecule has 0 aromatic carbocycles. The highest BCUT2D eigenvalue weighted by atomic mass is 32.1. The van der Waals surface area contributed by atoms with Crippen LogP contribution in [0.15, 0.2) is 11.3 Å². The van der Waals surface area contributed by atoms with Gasteiger partial charge in [0.1, 0.15) is 30.3 Å². The first-order valence-electron chi connectivity index (χ1n) is 5.79. The summed E-state index contributed by atoms with van der Waals surface area (Å²) in [6, 6.07) is 0. The van der Waals surface area contributed by atoms with Gasteiger partial charge in [-0.3, -0.25) is 4.57 Å². The van der Waals surface area contributed by atoms with Crippen LogP contribution in [0.25, 0.3) is 6.20 Å². The van der Waals surface area contributed by atoms with Crippen LogP contribution < -0.4 is 10.8 Å². The van der Waals surface area contributed by atoms with Crippen LogP contribution in [-0.2, 0) is 4.74 Å². The molecule has 1 fully saturated rings. The van der Waals surface area contributed by atoms with Gasteiger partial charge >= 0.3 is 0 Å². The maximum atomic E-state index is 9.97. The van der Waals surface area contributed by atoms with Gasteiger partial charge in [-0.05, 0) is 0 Å². The third-order valence-corrected chi connectivity index (χ3v) is 3.46. The van der Waals surface area contributed by atoms with Gasteiger partial charge in [0.15, 0.2) is 11.7 Å². The molecule has 3 rings (SSSR count). The summed E-state index contributed by atoms with van der Waals surface area (Å²) in [5, 5.41) is 29.4. The average molecular weight is 286 g/mol. The van der Waals surface area contributed by atoms with Crippen molar-refractivity contribution in [2.45, 2.75) is 24.5 Å². The van der Waals surface area contributed by atoms with Crippen LogP contribution in [0.1, 0.15) is 6.23 Å². The molecule has 104 valence electrons. The molecule has 2 aliphatic rings. The molecule has 2 aliphatic heterocycles. The average Bonchev–Trinajstić information content (AvgIpc) is 2.92. The monoisotopic (exact) mass is 286 g/mol. The standard InChI is InChI=1S/C10H14N4O4S/c15-2-6-7(16)8(17)10(18-6)14-4-11-5-1-13(19)3-12-9(5)14/h1,4,6-8,10,15-17,19H,2-3H2/t6-,7-,8-,10-/m1/s1. The van der Waals surface area contributed by atoms with E-state index in [0.717, 1.165) is 0 Å². The van der Waals surface area contributed by atoms with Gasteiger partial charge in [0.05, 0.1) is 12.9 Å². The molecule has 0 bridgehead atoms. The molecule has 3 heterocycles. The Bertz CT molecular complexity index is 591. The second kappa shape index (κ2) is 4.76. The van der Waals surface area contributed by atoms with Crippen molar-refractivity contribution in [2.75, 3.05) is 13.3 Å². The van der Waals surface area contributed by atoms with E-state index >= 15 is 0 Å². The summed E-state index contributed by atoms with van der Waals surface area (Å²) in [5.41, 5.74) is 0.556. The molecule has 8 nitrogen and oxygen atoms in total. The second-order valence-electron chi connectivity index (χ2n) is 4.46. The zero-order valence-electron chi connectivity index (χ0n) is 9.86. The van der Waals surface area contributed by atoms with Crippen LogP contribution in [-0.4, -0.2) is 60.8 Å². The number of thiol groups is 1. The van der Waals surface area contributed by atoms with E-state index < -0.39 is 24.5 Å². The predicted molar refractivity (Wildman–Crippen MR) is 66.2 cm³/mol. The smallest absolute Gasteiger partial charge is 0.165 e. The van der Waals surface area contributed by atoms with Crippen molar-refractivity contribution in [1.82, 2.24) is 13.9 Å². The Morgan fingerprint density at radius 3 is 2.89 bits per heavy atom. The Morgan fingerprint density at radius 1 is 1.42 bits per heavy atom. The quantitative estimate of drug-likeness (QED) is 0.431. The van der Waals surface area contributed by atoms with Gasteiger partial charge in [-0.1, -0.05) is 12.8 Å². The van der Waals surface area contributed by atoms with Crippen LogP contribution >= 0.6 is 12.8 Å². The summed E-state index contributed by atoms with van der Waals surface area (Å²) in [6.07, 6.45) is -0.707. The van der Waals surface area contributed by atoms with E-state index in [9.17, 15) is 10.2 Å². The fraction of sp³-hybridized carbons (Fsp3) is 0.600. The van der Waals surface area contributed by atoms with Crippen LogP contribution in [0.2, 0.25) is 0 Å². The molecule has 19 heavy (non-hydrogen) atoms. The highest BCUT2D eigenvalue weighted by Gasteiger charge is 2.43. The van der Waals surface area contributed by atoms with Crippen LogP contribution in [0.3, 0.4) is 0 Å². The number of hydrogen-bond acceptors (Lipinski definition) is 8. The van der Waals surface area contributed by atoms with E-state index in [-0.39, 0.29) is 6.61 Å². The van der Waals surface area contributed by atoms with E-state index in [1.165, 1.54) is 6.33 Å². The molecule has 0 amide bonds. The minimum Gasteiger partial charge on any atom is -0.394 e. The van der Waals surface area contributed by atoms with Gasteiger partial charge in [-0.2, -0.15) is 0 Å². The number of rotatable bonds is 2. The topological polar surface area (TPSA) is 103 Å². The SMILES string of the molecule is OC[C@H]1O[C@@H](n2cnc3c2=NCN(S)C=3)[C@H](O)[C@@H]1O. The molecule has 1 saturated heterocycles. The van der Waals surface area contributed by atoms with E-state index in [4.69, 9.17) is 9.84 Å². The lowest BCUT2D eigenvalue weighted by molar-refractivity contribution is -0.0546. The Labute approximate surface area is 113 Å². The first kappa shape index (κ1) is 12.9. The van der Waals surface area contributed by atoms with Crippen LogP contribution in [0.5, 0.6) is 0 Å². The lowest BCUT2D eigenvalue weighted by atomic mass is 10.1. The van der Waals surface area contributed by atoms with Crippen molar-refractivity contribution in [3.05, 3.63) is 17.2 Å². The number of aromatic nitrogens is 2. The van der Waals surface area contributed by atoms with E-state index in [1.807, 2.05) is 0 Å². The van der Waals surface area contributed by atoms with Crippen molar-refractivity contribution in [3.8, 4) is 0 Å². The number of fused-ring (bicyclic) bond motifs is 1. The van der Waals surface area contributed by atoms with E-state index in [1.54, 1.807) is 15.1 Å². The maximum absolute atomic E-state index is 9.97. The fourth-order valence-corrected chi connectivity index (χ4v) is 2.41. The third-order valence-electron chi connectivity index (χ3n) is 3.22. The number of hydrogen-bond donors (Lipinski definition) is 4. The summed E-state index contributed by atoms with van der Waals surface area (Å²) in [5.74, 6) is 0. The highest BCUT2D eigenvalue weighted by molar-refractivity contribution is 7.78. The molecule has 0 radical (unpaired) electrons. The number of aliphatic hydroxyl groups excluding tert-OH is 3. The highest BCUT2D eigenvalue weighted by Crippen LogP contribution is 2.27. The van der Waals surface area contributed by atoms with Gasteiger partial charge in [0, 0.05) is 6.20 Å². The van der Waals surface area contributed by atoms with Gasteiger partial charge in [0.25, 0.3) is 0 Å². The minimum atomic E-state index is -1.14. The Morgan fingerprint density at radius 2 is 2.21 bits per heavy atom. The zero-order valence-corrected chi connectivity index (χ0v) is 10.8. The summed E-state index contributed by atoms with van der Waals surface area (Å²) < 4.78 is 8.57. The Hall–Kier alpha value is -1.13. The molecule has 0 unspecified atom stereocenters. The lowest BCUT2D eigenvalue weighted by Gasteiger charge is -2.17. The predicted octanol–water partition coefficient (Wildman–Crippen LogP) is -3.03. The molecule has 3 N–H and O–H groups in total. The summed E-state index contributed by atoms with van der Waals surface area (Å²) in [6.45, 7) is -0.00407. The van der Waals surface area contributed by atoms with Crippen molar-refractivity contribution in [3.63, 3.8) is 0 Å². The van der Waals surface area contributed by atoms with E-state index in [2.05, 4.69) is 22.8 Å². The summed E-state index contributed by atoms with van der Waals surface area (Å²) in [7, 11) is 0. The molecule has 1 aromatic rings. The lowest BCUT2D eigenvalue weighted by Crippen LogP contribution is -2.40. The molecule has 1 aromatic heterocycles. The normalized spacial score (nSPS) is 33.8. The fourth-order valence-electron chi connectivity index (χ4n) is 2.24. The van der Waals surface area contributed by atoms with E-state index in [0.29, 0.717) is 17.5 Å². The molecule has 0 spiro atoms. The molecule has 9 heteroatoms. The molecular formula is C10H14N4O4S. The first-order valence-corrected chi connectivity index (χ1v) is 6.19. The van der Waals surface area contributed by atoms with Crippen LogP contribution in [0.4, 0.5) is 0 Å². The zero-order chi connectivity index (χ0) is 13.6. The van der Waals surface area contributed by atoms with Crippen molar-refractivity contribution in [2.24, 2.45) is 4.99 Å². The number of aliphatic hydroxyl groups is 3. The maximum Gasteiger partial charge on any atom is 0.165 e. The van der Waals surface area contributed by atoms with Gasteiger partial charge in [0.2, 0.25) is 0 Å². The minimum absolute atomic E-state index is 0.358. The van der Waals surface area contributed by atoms with Crippen molar-refractivity contribution >= 4 is 19.0 Å². The molecule has 4 atom stereocenters.